The Hall–Kier alpha value is -0.420. The van der Waals surface area contributed by atoms with E-state index in [9.17, 15) is 0 Å². The van der Waals surface area contributed by atoms with Gasteiger partial charge in [0.05, 0.1) is 6.61 Å². The van der Waals surface area contributed by atoms with Crippen LogP contribution in [-0.2, 0) is 17.9 Å². The highest BCUT2D eigenvalue weighted by Crippen LogP contribution is 2.22. The minimum absolute atomic E-state index is 0.167. The van der Waals surface area contributed by atoms with Crippen molar-refractivity contribution in [3.8, 4) is 0 Å². The fourth-order valence-electron chi connectivity index (χ4n) is 1.84. The Morgan fingerprint density at radius 3 is 2.60 bits per heavy atom. The average Bonchev–Trinajstić information content (AvgIpc) is 2.66. The zero-order chi connectivity index (χ0) is 15.2. The van der Waals surface area contributed by atoms with Gasteiger partial charge in [-0.15, -0.1) is 11.3 Å². The van der Waals surface area contributed by atoms with Gasteiger partial charge in [0, 0.05) is 28.4 Å². The summed E-state index contributed by atoms with van der Waals surface area (Å²) < 4.78 is 5.77. The molecule has 0 saturated carbocycles. The number of rotatable bonds is 8. The molecule has 0 spiro atoms. The van der Waals surface area contributed by atoms with Gasteiger partial charge in [0.2, 0.25) is 0 Å². The molecule has 1 N–H and O–H groups in total. The largest absolute Gasteiger partial charge is 0.377 e. The van der Waals surface area contributed by atoms with Gasteiger partial charge < -0.3 is 15.0 Å². The Kier molecular flexibility index (Phi) is 7.17. The molecule has 0 radical (unpaired) electrons. The highest BCUT2D eigenvalue weighted by Gasteiger charge is 2.11. The Bertz CT molecular complexity index is 394. The summed E-state index contributed by atoms with van der Waals surface area (Å²) in [6.07, 6.45) is 1.09. The molecule has 3 nitrogen and oxygen atoms in total. The number of aryl methyl sites for hydroxylation is 1. The maximum absolute atomic E-state index is 5.77. The predicted octanol–water partition coefficient (Wildman–Crippen LogP) is 3.41. The van der Waals surface area contributed by atoms with E-state index in [4.69, 9.17) is 4.74 Å². The van der Waals surface area contributed by atoms with Crippen LogP contribution in [0.2, 0.25) is 0 Å². The number of thiophene rings is 1. The van der Waals surface area contributed by atoms with Crippen molar-refractivity contribution in [2.45, 2.75) is 52.8 Å². The first-order valence-corrected chi connectivity index (χ1v) is 8.15. The molecule has 0 amide bonds. The van der Waals surface area contributed by atoms with E-state index < -0.39 is 0 Å². The summed E-state index contributed by atoms with van der Waals surface area (Å²) in [6.45, 7) is 12.4. The molecule has 0 saturated heterocycles. The summed E-state index contributed by atoms with van der Waals surface area (Å²) in [5, 5.41) is 3.53. The van der Waals surface area contributed by atoms with E-state index in [2.05, 4.69) is 58.1 Å². The molecule has 4 heteroatoms. The highest BCUT2D eigenvalue weighted by molar-refractivity contribution is 7.12. The third-order valence-corrected chi connectivity index (χ3v) is 4.11. The van der Waals surface area contributed by atoms with Gasteiger partial charge in [0.1, 0.15) is 0 Å². The molecular weight excluding hydrogens is 268 g/mol. The fourth-order valence-corrected chi connectivity index (χ4v) is 2.82. The Morgan fingerprint density at radius 1 is 1.30 bits per heavy atom. The number of ether oxygens (including phenoxy) is 1. The van der Waals surface area contributed by atoms with Crippen LogP contribution in [0.15, 0.2) is 6.07 Å². The maximum atomic E-state index is 5.77. The van der Waals surface area contributed by atoms with E-state index in [1.54, 1.807) is 0 Å². The quantitative estimate of drug-likeness (QED) is 0.744. The van der Waals surface area contributed by atoms with Gasteiger partial charge in [-0.25, -0.2) is 0 Å². The first-order valence-electron chi connectivity index (χ1n) is 7.33. The topological polar surface area (TPSA) is 24.5 Å². The van der Waals surface area contributed by atoms with Gasteiger partial charge in [-0.05, 0) is 66.4 Å². The molecule has 0 aliphatic heterocycles. The maximum Gasteiger partial charge on any atom is 0.0727 e. The van der Waals surface area contributed by atoms with E-state index in [-0.39, 0.29) is 5.54 Å². The zero-order valence-corrected chi connectivity index (χ0v) is 14.7. The smallest absolute Gasteiger partial charge is 0.0727 e. The van der Waals surface area contributed by atoms with E-state index >= 15 is 0 Å². The molecular formula is C16H30N2OS. The van der Waals surface area contributed by atoms with Gasteiger partial charge in [0.15, 0.2) is 0 Å². The van der Waals surface area contributed by atoms with Crippen LogP contribution in [-0.4, -0.2) is 37.7 Å². The van der Waals surface area contributed by atoms with Crippen molar-refractivity contribution < 1.29 is 4.74 Å². The van der Waals surface area contributed by atoms with Gasteiger partial charge in [-0.1, -0.05) is 0 Å². The highest BCUT2D eigenvalue weighted by atomic mass is 32.1. The van der Waals surface area contributed by atoms with Gasteiger partial charge in [-0.2, -0.15) is 0 Å². The molecule has 0 unspecified atom stereocenters. The minimum atomic E-state index is 0.167. The van der Waals surface area contributed by atoms with Crippen LogP contribution >= 0.6 is 11.3 Å². The standard InChI is InChI=1S/C16H30N2OS/c1-13-14(12-19-9-7-8-18(5)6)10-15(20-13)11-17-16(2,3)4/h10,17H,7-9,11-12H2,1-6H3. The van der Waals surface area contributed by atoms with Crippen molar-refractivity contribution in [2.75, 3.05) is 27.2 Å². The van der Waals surface area contributed by atoms with E-state index in [0.717, 1.165) is 32.7 Å². The molecule has 20 heavy (non-hydrogen) atoms. The molecule has 0 atom stereocenters. The van der Waals surface area contributed by atoms with Crippen LogP contribution in [0.1, 0.15) is 42.5 Å². The number of nitrogens with one attached hydrogen (secondary N) is 1. The second-order valence-electron chi connectivity index (χ2n) is 6.61. The third kappa shape index (κ3) is 7.39. The lowest BCUT2D eigenvalue weighted by atomic mass is 10.1. The molecule has 0 bridgehead atoms. The van der Waals surface area contributed by atoms with Crippen LogP contribution in [0, 0.1) is 6.92 Å². The summed E-state index contributed by atoms with van der Waals surface area (Å²) in [7, 11) is 4.19. The van der Waals surface area contributed by atoms with Crippen LogP contribution in [0.25, 0.3) is 0 Å². The lowest BCUT2D eigenvalue weighted by Gasteiger charge is -2.19. The Morgan fingerprint density at radius 2 is 2.00 bits per heavy atom. The molecule has 1 rings (SSSR count). The van der Waals surface area contributed by atoms with Gasteiger partial charge >= 0.3 is 0 Å². The molecule has 0 fully saturated rings. The first-order chi connectivity index (χ1) is 9.28. The normalized spacial score (nSPS) is 12.3. The van der Waals surface area contributed by atoms with Crippen LogP contribution in [0.3, 0.4) is 0 Å². The Labute approximate surface area is 128 Å². The number of hydrogen-bond donors (Lipinski definition) is 1. The monoisotopic (exact) mass is 298 g/mol. The van der Waals surface area contributed by atoms with Gasteiger partial charge in [0.25, 0.3) is 0 Å². The molecule has 0 aromatic carbocycles. The fraction of sp³-hybridized carbons (Fsp3) is 0.750. The molecule has 0 aliphatic carbocycles. The van der Waals surface area contributed by atoms with E-state index in [1.807, 2.05) is 11.3 Å². The van der Waals surface area contributed by atoms with Crippen molar-refractivity contribution in [3.05, 3.63) is 21.4 Å². The zero-order valence-electron chi connectivity index (χ0n) is 13.9. The van der Waals surface area contributed by atoms with Crippen molar-refractivity contribution in [2.24, 2.45) is 0 Å². The number of hydrogen-bond acceptors (Lipinski definition) is 4. The lowest BCUT2D eigenvalue weighted by molar-refractivity contribution is 0.113. The van der Waals surface area contributed by atoms with E-state index in [1.165, 1.54) is 15.3 Å². The Balaban J connectivity index is 2.34. The third-order valence-electron chi connectivity index (χ3n) is 3.02. The van der Waals surface area contributed by atoms with E-state index in [0.29, 0.717) is 0 Å². The molecule has 1 aromatic heterocycles. The first kappa shape index (κ1) is 17.6. The predicted molar refractivity (Wildman–Crippen MR) is 88.5 cm³/mol. The SMILES string of the molecule is Cc1sc(CNC(C)(C)C)cc1COCCCN(C)C. The molecule has 1 aromatic rings. The molecule has 1 heterocycles. The summed E-state index contributed by atoms with van der Waals surface area (Å²) in [5.74, 6) is 0. The molecule has 0 aliphatic rings. The number of nitrogens with zero attached hydrogens (tertiary/aromatic N) is 1. The summed E-state index contributed by atoms with van der Waals surface area (Å²) in [5.41, 5.74) is 1.51. The summed E-state index contributed by atoms with van der Waals surface area (Å²) in [6, 6.07) is 2.28. The van der Waals surface area contributed by atoms with Crippen molar-refractivity contribution in [3.63, 3.8) is 0 Å². The van der Waals surface area contributed by atoms with Crippen molar-refractivity contribution in [1.29, 1.82) is 0 Å². The lowest BCUT2D eigenvalue weighted by Crippen LogP contribution is -2.34. The van der Waals surface area contributed by atoms with Crippen LogP contribution in [0.4, 0.5) is 0 Å². The van der Waals surface area contributed by atoms with Crippen LogP contribution in [0.5, 0.6) is 0 Å². The van der Waals surface area contributed by atoms with Gasteiger partial charge in [-0.3, -0.25) is 0 Å². The minimum Gasteiger partial charge on any atom is -0.377 e. The van der Waals surface area contributed by atoms with Crippen molar-refractivity contribution in [1.82, 2.24) is 10.2 Å². The van der Waals surface area contributed by atoms with Crippen LogP contribution < -0.4 is 5.32 Å². The molecule has 116 valence electrons. The average molecular weight is 298 g/mol. The summed E-state index contributed by atoms with van der Waals surface area (Å²) in [4.78, 5) is 4.96. The summed E-state index contributed by atoms with van der Waals surface area (Å²) >= 11 is 1.87. The van der Waals surface area contributed by atoms with Crippen molar-refractivity contribution >= 4 is 11.3 Å². The second kappa shape index (κ2) is 8.13. The second-order valence-corrected chi connectivity index (χ2v) is 7.95.